The van der Waals surface area contributed by atoms with Gasteiger partial charge in [-0.3, -0.25) is 4.99 Å². The first-order valence-electron chi connectivity index (χ1n) is 9.77. The lowest BCUT2D eigenvalue weighted by atomic mass is 10.3. The van der Waals surface area contributed by atoms with Crippen molar-refractivity contribution in [2.24, 2.45) is 4.99 Å². The molecule has 0 unspecified atom stereocenters. The Morgan fingerprint density at radius 3 is 2.71 bits per heavy atom. The molecule has 2 aromatic rings. The number of hydrogen-bond donors (Lipinski definition) is 2. The molecule has 1 aliphatic heterocycles. The third-order valence-corrected chi connectivity index (χ3v) is 6.56. The van der Waals surface area contributed by atoms with E-state index in [2.05, 4.69) is 25.9 Å². The minimum absolute atomic E-state index is 0.189. The second-order valence-corrected chi connectivity index (χ2v) is 8.65. The molecule has 0 radical (unpaired) electrons. The molecular formula is C20H28FN5S2. The molecule has 1 fully saturated rings. The van der Waals surface area contributed by atoms with E-state index >= 15 is 0 Å². The normalized spacial score (nSPS) is 14.5. The lowest BCUT2D eigenvalue weighted by molar-refractivity contribution is 0.626. The number of guanidine groups is 1. The van der Waals surface area contributed by atoms with E-state index in [1.165, 1.54) is 25.0 Å². The number of rotatable bonds is 9. The standard InChI is InChI=1S/C20H28FN5S2/c1-22-19(23-10-4-14-27-18-7-5-16(21)6-8-18)24-11-9-17-15-28-20(25-17)26-12-2-3-13-26/h5-8,15H,2-4,9-14H2,1H3,(H2,22,23,24). The zero-order valence-electron chi connectivity index (χ0n) is 16.3. The van der Waals surface area contributed by atoms with Crippen molar-refractivity contribution in [1.82, 2.24) is 15.6 Å². The molecule has 0 aliphatic carbocycles. The molecule has 0 amide bonds. The molecule has 5 nitrogen and oxygen atoms in total. The number of aromatic nitrogens is 1. The molecular weight excluding hydrogens is 393 g/mol. The van der Waals surface area contributed by atoms with Crippen molar-refractivity contribution in [2.45, 2.75) is 30.6 Å². The summed E-state index contributed by atoms with van der Waals surface area (Å²) in [5.74, 6) is 1.61. The lowest BCUT2D eigenvalue weighted by Gasteiger charge is -2.12. The first kappa shape index (κ1) is 20.9. The molecule has 0 bridgehead atoms. The van der Waals surface area contributed by atoms with Crippen LogP contribution >= 0.6 is 23.1 Å². The van der Waals surface area contributed by atoms with E-state index in [4.69, 9.17) is 4.98 Å². The van der Waals surface area contributed by atoms with Crippen LogP contribution in [-0.2, 0) is 6.42 Å². The van der Waals surface area contributed by atoms with Crippen LogP contribution in [0.1, 0.15) is 25.0 Å². The Kier molecular flexibility index (Phi) is 8.42. The summed E-state index contributed by atoms with van der Waals surface area (Å²) in [5, 5.41) is 10.0. The third-order valence-electron chi connectivity index (χ3n) is 4.51. The summed E-state index contributed by atoms with van der Waals surface area (Å²) in [4.78, 5) is 12.5. The number of benzene rings is 1. The summed E-state index contributed by atoms with van der Waals surface area (Å²) in [7, 11) is 1.79. The molecule has 0 saturated carbocycles. The van der Waals surface area contributed by atoms with Gasteiger partial charge in [0.05, 0.1) is 5.69 Å². The number of aliphatic imine (C=N–C) groups is 1. The fraction of sp³-hybridized carbons (Fsp3) is 0.500. The van der Waals surface area contributed by atoms with Crippen LogP contribution in [0.15, 0.2) is 39.5 Å². The zero-order chi connectivity index (χ0) is 19.6. The van der Waals surface area contributed by atoms with Crippen molar-refractivity contribution in [3.63, 3.8) is 0 Å². The summed E-state index contributed by atoms with van der Waals surface area (Å²) >= 11 is 3.49. The molecule has 152 valence electrons. The molecule has 3 rings (SSSR count). The monoisotopic (exact) mass is 421 g/mol. The van der Waals surface area contributed by atoms with Gasteiger partial charge >= 0.3 is 0 Å². The van der Waals surface area contributed by atoms with Crippen LogP contribution in [0.4, 0.5) is 9.52 Å². The van der Waals surface area contributed by atoms with Crippen molar-refractivity contribution in [2.75, 3.05) is 43.9 Å². The topological polar surface area (TPSA) is 52.6 Å². The number of thioether (sulfide) groups is 1. The molecule has 1 aromatic heterocycles. The van der Waals surface area contributed by atoms with Gasteiger partial charge in [0, 0.05) is 49.9 Å². The highest BCUT2D eigenvalue weighted by molar-refractivity contribution is 7.99. The zero-order valence-corrected chi connectivity index (χ0v) is 17.9. The fourth-order valence-electron chi connectivity index (χ4n) is 2.99. The van der Waals surface area contributed by atoms with Gasteiger partial charge in [-0.2, -0.15) is 0 Å². The maximum atomic E-state index is 12.9. The van der Waals surface area contributed by atoms with Crippen LogP contribution in [0.2, 0.25) is 0 Å². The van der Waals surface area contributed by atoms with Crippen LogP contribution in [0, 0.1) is 5.82 Å². The number of nitrogens with zero attached hydrogens (tertiary/aromatic N) is 3. The Bertz CT molecular complexity index is 741. The van der Waals surface area contributed by atoms with Gasteiger partial charge in [0.15, 0.2) is 11.1 Å². The Labute approximate surface area is 174 Å². The van der Waals surface area contributed by atoms with Crippen molar-refractivity contribution in [3.8, 4) is 0 Å². The van der Waals surface area contributed by atoms with Crippen molar-refractivity contribution in [3.05, 3.63) is 41.2 Å². The summed E-state index contributed by atoms with van der Waals surface area (Å²) in [6.07, 6.45) is 4.46. The fourth-order valence-corrected chi connectivity index (χ4v) is 4.76. The molecule has 0 spiro atoms. The van der Waals surface area contributed by atoms with Gasteiger partial charge in [0.25, 0.3) is 0 Å². The summed E-state index contributed by atoms with van der Waals surface area (Å²) in [6, 6.07) is 6.65. The van der Waals surface area contributed by atoms with E-state index in [9.17, 15) is 4.39 Å². The number of halogens is 1. The van der Waals surface area contributed by atoms with E-state index in [1.807, 2.05) is 12.1 Å². The third kappa shape index (κ3) is 6.67. The average Bonchev–Trinajstić information content (AvgIpc) is 3.39. The predicted molar refractivity (Wildman–Crippen MR) is 118 cm³/mol. The predicted octanol–water partition coefficient (Wildman–Crippen LogP) is 3.77. The van der Waals surface area contributed by atoms with Gasteiger partial charge in [0.1, 0.15) is 5.82 Å². The van der Waals surface area contributed by atoms with Gasteiger partial charge in [0.2, 0.25) is 0 Å². The Balaban J connectivity index is 1.28. The van der Waals surface area contributed by atoms with Gasteiger partial charge in [-0.1, -0.05) is 0 Å². The highest BCUT2D eigenvalue weighted by Crippen LogP contribution is 2.24. The van der Waals surface area contributed by atoms with Crippen molar-refractivity contribution >= 4 is 34.2 Å². The van der Waals surface area contributed by atoms with Gasteiger partial charge in [-0.25, -0.2) is 9.37 Å². The Hall–Kier alpha value is -1.80. The molecule has 0 atom stereocenters. The smallest absolute Gasteiger partial charge is 0.190 e. The molecule has 1 aromatic carbocycles. The SMILES string of the molecule is CN=C(NCCCSc1ccc(F)cc1)NCCc1csc(N2CCCC2)n1. The quantitative estimate of drug-likeness (QED) is 0.279. The molecule has 2 N–H and O–H groups in total. The van der Waals surface area contributed by atoms with E-state index in [-0.39, 0.29) is 5.82 Å². The molecule has 28 heavy (non-hydrogen) atoms. The second kappa shape index (κ2) is 11.3. The lowest BCUT2D eigenvalue weighted by Crippen LogP contribution is -2.38. The molecule has 8 heteroatoms. The average molecular weight is 422 g/mol. The minimum atomic E-state index is -0.189. The first-order valence-corrected chi connectivity index (χ1v) is 11.6. The highest BCUT2D eigenvalue weighted by atomic mass is 32.2. The Morgan fingerprint density at radius 2 is 1.96 bits per heavy atom. The van der Waals surface area contributed by atoms with Crippen molar-refractivity contribution in [1.29, 1.82) is 0 Å². The first-order chi connectivity index (χ1) is 13.7. The van der Waals surface area contributed by atoms with E-state index in [0.29, 0.717) is 0 Å². The molecule has 1 saturated heterocycles. The second-order valence-electron chi connectivity index (χ2n) is 6.65. The Morgan fingerprint density at radius 1 is 1.21 bits per heavy atom. The number of anilines is 1. The maximum Gasteiger partial charge on any atom is 0.190 e. The van der Waals surface area contributed by atoms with Crippen LogP contribution in [0.5, 0.6) is 0 Å². The van der Waals surface area contributed by atoms with E-state index in [0.717, 1.165) is 66.5 Å². The number of thiazole rings is 1. The van der Waals surface area contributed by atoms with Crippen LogP contribution < -0.4 is 15.5 Å². The van der Waals surface area contributed by atoms with Crippen LogP contribution in [0.3, 0.4) is 0 Å². The van der Waals surface area contributed by atoms with Gasteiger partial charge < -0.3 is 15.5 Å². The number of nitrogens with one attached hydrogen (secondary N) is 2. The molecule has 2 heterocycles. The van der Waals surface area contributed by atoms with E-state index in [1.54, 1.807) is 30.1 Å². The van der Waals surface area contributed by atoms with Crippen molar-refractivity contribution < 1.29 is 4.39 Å². The molecule has 1 aliphatic rings. The summed E-state index contributed by atoms with van der Waals surface area (Å²) in [5.41, 5.74) is 1.14. The number of hydrogen-bond acceptors (Lipinski definition) is 5. The minimum Gasteiger partial charge on any atom is -0.356 e. The van der Waals surface area contributed by atoms with Gasteiger partial charge in [-0.05, 0) is 49.3 Å². The van der Waals surface area contributed by atoms with Crippen LogP contribution in [0.25, 0.3) is 0 Å². The summed E-state index contributed by atoms with van der Waals surface area (Å²) < 4.78 is 12.9. The van der Waals surface area contributed by atoms with Gasteiger partial charge in [-0.15, -0.1) is 23.1 Å². The highest BCUT2D eigenvalue weighted by Gasteiger charge is 2.15. The van der Waals surface area contributed by atoms with Crippen LogP contribution in [-0.4, -0.2) is 49.9 Å². The maximum absolute atomic E-state index is 12.9. The summed E-state index contributed by atoms with van der Waals surface area (Å²) in [6.45, 7) is 3.94. The largest absolute Gasteiger partial charge is 0.356 e. The van der Waals surface area contributed by atoms with E-state index < -0.39 is 0 Å².